The molecule has 7 aromatic carbocycles. The maximum absolute atomic E-state index is 9.80. The van der Waals surface area contributed by atoms with Gasteiger partial charge in [0.1, 0.15) is 22.3 Å². The second-order valence-electron chi connectivity index (χ2n) is 12.7. The van der Waals surface area contributed by atoms with Crippen LogP contribution in [0, 0.1) is 45.3 Å². The van der Waals surface area contributed by atoms with Crippen LogP contribution < -0.4 is 4.90 Å². The number of rotatable bonds is 5. The third-order valence-corrected chi connectivity index (χ3v) is 9.56. The van der Waals surface area contributed by atoms with Crippen LogP contribution in [-0.4, -0.2) is 0 Å². The minimum Gasteiger partial charge on any atom is -0.456 e. The van der Waals surface area contributed by atoms with Crippen LogP contribution >= 0.6 is 0 Å². The highest BCUT2D eigenvalue weighted by molar-refractivity contribution is 6.07. The SMILES string of the molecule is N#Cc1cc(C#N)cc(N(c2ccc(-c3ccc4c(c3)oc3cc(C#N)ccc34)cc2)c2ccc(-c3ccc4c(c3)oc3cc(C#N)ccc34)cc2)c1. The number of fused-ring (bicyclic) bond motifs is 6. The molecule has 0 saturated carbocycles. The Morgan fingerprint density at radius 3 is 1.08 bits per heavy atom. The second kappa shape index (κ2) is 12.3. The molecule has 0 unspecified atom stereocenters. The molecule has 0 N–H and O–H groups in total. The van der Waals surface area contributed by atoms with Gasteiger partial charge in [-0.2, -0.15) is 21.0 Å². The van der Waals surface area contributed by atoms with Crippen molar-refractivity contribution in [2.45, 2.75) is 0 Å². The summed E-state index contributed by atoms with van der Waals surface area (Å²) in [5, 5.41) is 42.1. The normalized spacial score (nSPS) is 10.9. The number of anilines is 3. The highest BCUT2D eigenvalue weighted by Crippen LogP contribution is 2.39. The third kappa shape index (κ3) is 5.36. The standard InChI is InChI=1S/C46H23N5O2/c47-24-28-1-13-39-41-15-7-34(22-45(41)52-43(39)20-28)32-3-9-36(10-4-32)51(38-18-30(26-49)17-31(19-38)27-50)37-11-5-33(6-12-37)35-8-16-42-40-14-2-29(25-48)21-44(40)53-46(42)23-35/h1-23H. The molecule has 2 aromatic heterocycles. The van der Waals surface area contributed by atoms with Crippen LogP contribution in [0.25, 0.3) is 66.1 Å². The van der Waals surface area contributed by atoms with Crippen molar-refractivity contribution < 1.29 is 8.83 Å². The van der Waals surface area contributed by atoms with Crippen molar-refractivity contribution in [1.82, 2.24) is 0 Å². The van der Waals surface area contributed by atoms with Gasteiger partial charge in [-0.1, -0.05) is 36.4 Å². The van der Waals surface area contributed by atoms with E-state index in [2.05, 4.69) is 36.4 Å². The molecule has 0 radical (unpaired) electrons. The molecule has 0 spiro atoms. The van der Waals surface area contributed by atoms with E-state index < -0.39 is 0 Å². The maximum atomic E-state index is 9.80. The van der Waals surface area contributed by atoms with E-state index in [-0.39, 0.29) is 0 Å². The van der Waals surface area contributed by atoms with E-state index in [1.165, 1.54) is 0 Å². The average molecular weight is 678 g/mol. The van der Waals surface area contributed by atoms with Gasteiger partial charge in [-0.15, -0.1) is 0 Å². The van der Waals surface area contributed by atoms with Crippen LogP contribution in [0.3, 0.4) is 0 Å². The smallest absolute Gasteiger partial charge is 0.136 e. The highest BCUT2D eigenvalue weighted by atomic mass is 16.3. The van der Waals surface area contributed by atoms with Gasteiger partial charge in [0, 0.05) is 38.6 Å². The van der Waals surface area contributed by atoms with Gasteiger partial charge in [0.2, 0.25) is 0 Å². The molecule has 0 aliphatic heterocycles. The number of hydrogen-bond donors (Lipinski definition) is 0. The molecule has 53 heavy (non-hydrogen) atoms. The Hall–Kier alpha value is -8.10. The molecule has 7 heteroatoms. The van der Waals surface area contributed by atoms with E-state index >= 15 is 0 Å². The zero-order valence-corrected chi connectivity index (χ0v) is 27.8. The first kappa shape index (κ1) is 30.9. The summed E-state index contributed by atoms with van der Waals surface area (Å²) in [5.41, 5.74) is 11.0. The summed E-state index contributed by atoms with van der Waals surface area (Å²) in [6.07, 6.45) is 0. The number of benzene rings is 7. The van der Waals surface area contributed by atoms with E-state index in [0.29, 0.717) is 39.1 Å². The van der Waals surface area contributed by atoms with Crippen molar-refractivity contribution in [2.24, 2.45) is 0 Å². The Kier molecular flexibility index (Phi) is 7.20. The van der Waals surface area contributed by atoms with E-state index in [9.17, 15) is 21.0 Å². The van der Waals surface area contributed by atoms with Crippen LogP contribution in [0.1, 0.15) is 22.3 Å². The van der Waals surface area contributed by atoms with Gasteiger partial charge < -0.3 is 13.7 Å². The van der Waals surface area contributed by atoms with E-state index in [1.807, 2.05) is 89.8 Å². The molecule has 2 heterocycles. The van der Waals surface area contributed by atoms with Crippen LogP contribution in [0.4, 0.5) is 17.1 Å². The summed E-state index contributed by atoms with van der Waals surface area (Å²) in [6.45, 7) is 0. The predicted molar refractivity (Wildman–Crippen MR) is 205 cm³/mol. The molecule has 0 aliphatic rings. The van der Waals surface area contributed by atoms with Gasteiger partial charge in [-0.05, 0) is 125 Å². The third-order valence-electron chi connectivity index (χ3n) is 9.56. The lowest BCUT2D eigenvalue weighted by molar-refractivity contribution is 0.668. The van der Waals surface area contributed by atoms with Crippen LogP contribution in [0.15, 0.2) is 148 Å². The van der Waals surface area contributed by atoms with Gasteiger partial charge in [0.15, 0.2) is 0 Å². The second-order valence-corrected chi connectivity index (χ2v) is 12.7. The molecule has 0 saturated heterocycles. The van der Waals surface area contributed by atoms with Crippen molar-refractivity contribution in [2.75, 3.05) is 4.90 Å². The topological polar surface area (TPSA) is 125 Å². The minimum atomic E-state index is 0.388. The molecule has 9 aromatic rings. The summed E-state index contributed by atoms with van der Waals surface area (Å²) < 4.78 is 12.3. The first-order valence-electron chi connectivity index (χ1n) is 16.7. The van der Waals surface area contributed by atoms with E-state index in [0.717, 1.165) is 66.3 Å². The van der Waals surface area contributed by atoms with Crippen molar-refractivity contribution in [1.29, 1.82) is 21.0 Å². The Bertz CT molecular complexity index is 2900. The van der Waals surface area contributed by atoms with E-state index in [4.69, 9.17) is 8.83 Å². The molecule has 0 aliphatic carbocycles. The summed E-state index contributed by atoms with van der Waals surface area (Å²) in [4.78, 5) is 2.03. The van der Waals surface area contributed by atoms with Crippen LogP contribution in [-0.2, 0) is 0 Å². The van der Waals surface area contributed by atoms with Crippen molar-refractivity contribution >= 4 is 60.9 Å². The first-order valence-corrected chi connectivity index (χ1v) is 16.7. The van der Waals surface area contributed by atoms with Gasteiger partial charge in [-0.25, -0.2) is 0 Å². The van der Waals surface area contributed by atoms with Gasteiger partial charge in [0.25, 0.3) is 0 Å². The number of nitriles is 4. The van der Waals surface area contributed by atoms with Crippen molar-refractivity contribution in [3.63, 3.8) is 0 Å². The van der Waals surface area contributed by atoms with Crippen LogP contribution in [0.5, 0.6) is 0 Å². The Balaban J connectivity index is 1.09. The molecular weight excluding hydrogens is 655 g/mol. The number of hydrogen-bond acceptors (Lipinski definition) is 7. The summed E-state index contributed by atoms with van der Waals surface area (Å²) in [6, 6.07) is 53.2. The molecule has 0 bridgehead atoms. The van der Waals surface area contributed by atoms with Gasteiger partial charge in [-0.3, -0.25) is 0 Å². The average Bonchev–Trinajstić information content (AvgIpc) is 3.77. The molecule has 0 amide bonds. The zero-order chi connectivity index (χ0) is 36.1. The fourth-order valence-electron chi connectivity index (χ4n) is 6.97. The summed E-state index contributed by atoms with van der Waals surface area (Å²) >= 11 is 0. The van der Waals surface area contributed by atoms with Gasteiger partial charge in [0.05, 0.1) is 46.5 Å². The lowest BCUT2D eigenvalue weighted by atomic mass is 10.0. The number of nitrogens with zero attached hydrogens (tertiary/aromatic N) is 5. The lowest BCUT2D eigenvalue weighted by Crippen LogP contribution is -2.10. The summed E-state index contributed by atoms with van der Waals surface area (Å²) in [7, 11) is 0. The Labute approximate surface area is 303 Å². The van der Waals surface area contributed by atoms with Crippen molar-refractivity contribution in [3.8, 4) is 46.5 Å². The molecule has 0 atom stereocenters. The molecule has 0 fully saturated rings. The molecule has 244 valence electrons. The first-order chi connectivity index (χ1) is 26.0. The summed E-state index contributed by atoms with van der Waals surface area (Å²) in [5.74, 6) is 0. The monoisotopic (exact) mass is 677 g/mol. The van der Waals surface area contributed by atoms with Crippen molar-refractivity contribution in [3.05, 3.63) is 162 Å². The largest absolute Gasteiger partial charge is 0.456 e. The Morgan fingerprint density at radius 2 is 0.679 bits per heavy atom. The fourth-order valence-corrected chi connectivity index (χ4v) is 6.97. The fraction of sp³-hybridized carbons (Fsp3) is 0. The molecule has 7 nitrogen and oxygen atoms in total. The minimum absolute atomic E-state index is 0.388. The number of furan rings is 2. The maximum Gasteiger partial charge on any atom is 0.136 e. The Morgan fingerprint density at radius 1 is 0.321 bits per heavy atom. The predicted octanol–water partition coefficient (Wildman–Crippen LogP) is 11.8. The van der Waals surface area contributed by atoms with Gasteiger partial charge >= 0.3 is 0 Å². The van der Waals surface area contributed by atoms with Crippen LogP contribution in [0.2, 0.25) is 0 Å². The quantitative estimate of drug-likeness (QED) is 0.177. The molecule has 9 rings (SSSR count). The molecular formula is C46H23N5O2. The highest BCUT2D eigenvalue weighted by Gasteiger charge is 2.17. The lowest BCUT2D eigenvalue weighted by Gasteiger charge is -2.26. The van der Waals surface area contributed by atoms with E-state index in [1.54, 1.807) is 42.5 Å². The zero-order valence-electron chi connectivity index (χ0n) is 27.8.